The van der Waals surface area contributed by atoms with E-state index in [0.717, 1.165) is 11.8 Å². The van der Waals surface area contributed by atoms with Gasteiger partial charge >= 0.3 is 5.69 Å². The van der Waals surface area contributed by atoms with E-state index in [2.05, 4.69) is 20.2 Å². The Hall–Kier alpha value is -2.01. The molecule has 9 nitrogen and oxygen atoms in total. The fourth-order valence-corrected chi connectivity index (χ4v) is 3.18. The minimum atomic E-state index is -0.523. The van der Waals surface area contributed by atoms with Gasteiger partial charge in [0.2, 0.25) is 11.1 Å². The molecule has 0 aromatic carbocycles. The van der Waals surface area contributed by atoms with Crippen molar-refractivity contribution in [2.45, 2.75) is 16.3 Å². The molecule has 20 heavy (non-hydrogen) atoms. The highest BCUT2D eigenvalue weighted by Crippen LogP contribution is 2.37. The first-order chi connectivity index (χ1) is 9.38. The molecule has 0 saturated heterocycles. The molecule has 2 heterocycles. The summed E-state index contributed by atoms with van der Waals surface area (Å²) in [4.78, 5) is 20.1. The molecule has 0 saturated carbocycles. The summed E-state index contributed by atoms with van der Waals surface area (Å²) in [5.41, 5.74) is 5.60. The summed E-state index contributed by atoms with van der Waals surface area (Å²) >= 11 is 2.37. The Morgan fingerprint density at radius 1 is 1.35 bits per heavy atom. The molecule has 0 amide bonds. The van der Waals surface area contributed by atoms with Crippen LogP contribution in [0.1, 0.15) is 5.69 Å². The van der Waals surface area contributed by atoms with Gasteiger partial charge < -0.3 is 10.6 Å². The third-order valence-corrected chi connectivity index (χ3v) is 4.31. The summed E-state index contributed by atoms with van der Waals surface area (Å²) in [5, 5.41) is 19.9. The van der Waals surface area contributed by atoms with Crippen molar-refractivity contribution < 1.29 is 4.92 Å². The van der Waals surface area contributed by atoms with Crippen LogP contribution < -0.4 is 10.6 Å². The Balaban J connectivity index is 2.39. The van der Waals surface area contributed by atoms with Crippen LogP contribution in [-0.2, 0) is 0 Å². The Labute approximate surface area is 122 Å². The van der Waals surface area contributed by atoms with E-state index in [1.54, 1.807) is 4.90 Å². The first kappa shape index (κ1) is 14.4. The van der Waals surface area contributed by atoms with Crippen LogP contribution in [0.3, 0.4) is 0 Å². The predicted octanol–water partition coefficient (Wildman–Crippen LogP) is 1.34. The van der Waals surface area contributed by atoms with Gasteiger partial charge in [0.15, 0.2) is 9.37 Å². The molecule has 0 atom stereocenters. The second-order valence-corrected chi connectivity index (χ2v) is 6.12. The van der Waals surface area contributed by atoms with E-state index in [9.17, 15) is 10.1 Å². The van der Waals surface area contributed by atoms with E-state index in [-0.39, 0.29) is 22.4 Å². The summed E-state index contributed by atoms with van der Waals surface area (Å²) in [7, 11) is 3.68. The van der Waals surface area contributed by atoms with Crippen LogP contribution in [0.15, 0.2) is 9.37 Å². The molecule has 0 aliphatic rings. The summed E-state index contributed by atoms with van der Waals surface area (Å²) < 4.78 is 0.550. The highest BCUT2D eigenvalue weighted by molar-refractivity contribution is 8.01. The normalized spacial score (nSPS) is 10.6. The number of nitrogens with zero attached hydrogens (tertiary/aromatic N) is 6. The number of hydrogen-bond acceptors (Lipinski definition) is 10. The van der Waals surface area contributed by atoms with Crippen LogP contribution in [-0.4, -0.2) is 39.2 Å². The largest absolute Gasteiger partial charge is 0.368 e. The quantitative estimate of drug-likeness (QED) is 0.505. The van der Waals surface area contributed by atoms with Crippen LogP contribution in [0.2, 0.25) is 0 Å². The van der Waals surface area contributed by atoms with Gasteiger partial charge in [-0.05, 0) is 18.7 Å². The van der Waals surface area contributed by atoms with Crippen LogP contribution in [0.4, 0.5) is 16.8 Å². The molecule has 2 aromatic heterocycles. The number of aryl methyl sites for hydroxylation is 1. The fraction of sp³-hybridized carbons (Fsp3) is 0.333. The highest BCUT2D eigenvalue weighted by atomic mass is 32.2. The number of aromatic nitrogens is 4. The van der Waals surface area contributed by atoms with Gasteiger partial charge in [-0.2, -0.15) is 4.98 Å². The number of nitro groups is 1. The molecular weight excluding hydrogens is 302 g/mol. The zero-order chi connectivity index (χ0) is 14.9. The highest BCUT2D eigenvalue weighted by Gasteiger charge is 2.23. The number of nitrogens with two attached hydrogens (primary N) is 1. The minimum Gasteiger partial charge on any atom is -0.368 e. The molecule has 0 aliphatic carbocycles. The molecule has 0 bridgehead atoms. The average Bonchev–Trinajstić information content (AvgIpc) is 2.75. The lowest BCUT2D eigenvalue weighted by molar-refractivity contribution is -0.389. The van der Waals surface area contributed by atoms with Gasteiger partial charge in [0, 0.05) is 14.1 Å². The lowest BCUT2D eigenvalue weighted by Gasteiger charge is -2.04. The second kappa shape index (κ2) is 5.54. The number of hydrogen-bond donors (Lipinski definition) is 1. The third kappa shape index (κ3) is 2.93. The van der Waals surface area contributed by atoms with E-state index in [0.29, 0.717) is 9.47 Å². The van der Waals surface area contributed by atoms with Crippen LogP contribution in [0.5, 0.6) is 0 Å². The van der Waals surface area contributed by atoms with Crippen molar-refractivity contribution in [2.24, 2.45) is 0 Å². The molecule has 0 spiro atoms. The molecular formula is C9H11N7O2S2. The van der Waals surface area contributed by atoms with E-state index in [4.69, 9.17) is 5.73 Å². The monoisotopic (exact) mass is 313 g/mol. The van der Waals surface area contributed by atoms with Crippen LogP contribution in [0, 0.1) is 17.0 Å². The van der Waals surface area contributed by atoms with Crippen molar-refractivity contribution in [1.82, 2.24) is 20.2 Å². The van der Waals surface area contributed by atoms with Gasteiger partial charge in [-0.1, -0.05) is 11.3 Å². The second-order valence-electron chi connectivity index (χ2n) is 3.93. The first-order valence-electron chi connectivity index (χ1n) is 5.35. The van der Waals surface area contributed by atoms with Crippen molar-refractivity contribution in [3.05, 3.63) is 15.8 Å². The molecule has 0 radical (unpaired) electrons. The zero-order valence-electron chi connectivity index (χ0n) is 10.9. The predicted molar refractivity (Wildman–Crippen MR) is 76.2 cm³/mol. The van der Waals surface area contributed by atoms with Gasteiger partial charge in [-0.15, -0.1) is 10.2 Å². The molecule has 106 valence electrons. The van der Waals surface area contributed by atoms with Crippen molar-refractivity contribution in [3.8, 4) is 0 Å². The van der Waals surface area contributed by atoms with Crippen molar-refractivity contribution in [2.75, 3.05) is 24.7 Å². The van der Waals surface area contributed by atoms with Crippen LogP contribution >= 0.6 is 23.1 Å². The maximum Gasteiger partial charge on any atom is 0.322 e. The number of rotatable bonds is 4. The lowest BCUT2D eigenvalue weighted by Crippen LogP contribution is -2.07. The van der Waals surface area contributed by atoms with E-state index < -0.39 is 4.92 Å². The fourth-order valence-electron chi connectivity index (χ4n) is 1.35. The van der Waals surface area contributed by atoms with E-state index in [1.165, 1.54) is 18.3 Å². The van der Waals surface area contributed by atoms with Crippen molar-refractivity contribution in [3.63, 3.8) is 0 Å². The zero-order valence-corrected chi connectivity index (χ0v) is 12.5. The average molecular weight is 313 g/mol. The van der Waals surface area contributed by atoms with Gasteiger partial charge in [0.05, 0.1) is 4.92 Å². The van der Waals surface area contributed by atoms with Gasteiger partial charge in [-0.25, -0.2) is 4.98 Å². The van der Waals surface area contributed by atoms with Crippen molar-refractivity contribution >= 4 is 39.9 Å². The van der Waals surface area contributed by atoms with Gasteiger partial charge in [-0.3, -0.25) is 10.1 Å². The topological polar surface area (TPSA) is 124 Å². The van der Waals surface area contributed by atoms with E-state index in [1.807, 2.05) is 14.1 Å². The maximum absolute atomic E-state index is 11.1. The first-order valence-corrected chi connectivity index (χ1v) is 6.99. The molecule has 0 unspecified atom stereocenters. The summed E-state index contributed by atoms with van der Waals surface area (Å²) in [6, 6.07) is 0. The number of anilines is 2. The standard InChI is InChI=1S/C9H11N7O2S2/c1-4-5(16(17)18)6(12-7(10)11-4)19-9-14-13-8(20-9)15(2)3/h1-3H3,(H2,10,11,12). The molecule has 11 heteroatoms. The van der Waals surface area contributed by atoms with E-state index >= 15 is 0 Å². The summed E-state index contributed by atoms with van der Waals surface area (Å²) in [5.74, 6) is -0.00653. The molecule has 2 rings (SSSR count). The summed E-state index contributed by atoms with van der Waals surface area (Å²) in [6.45, 7) is 1.52. The lowest BCUT2D eigenvalue weighted by atomic mass is 10.4. The third-order valence-electron chi connectivity index (χ3n) is 2.19. The Bertz CT molecular complexity index is 658. The Morgan fingerprint density at radius 3 is 2.60 bits per heavy atom. The molecule has 0 aliphatic heterocycles. The Kier molecular flexibility index (Phi) is 3.99. The molecule has 0 fully saturated rings. The summed E-state index contributed by atoms with van der Waals surface area (Å²) in [6.07, 6.45) is 0. The van der Waals surface area contributed by atoms with Crippen LogP contribution in [0.25, 0.3) is 0 Å². The minimum absolute atomic E-state index is 0.00653. The molecule has 2 N–H and O–H groups in total. The SMILES string of the molecule is Cc1nc(N)nc(Sc2nnc(N(C)C)s2)c1[N+](=O)[O-]. The number of nitrogen functional groups attached to an aromatic ring is 1. The Morgan fingerprint density at radius 2 is 2.05 bits per heavy atom. The smallest absolute Gasteiger partial charge is 0.322 e. The maximum atomic E-state index is 11.1. The van der Waals surface area contributed by atoms with Gasteiger partial charge in [0.25, 0.3) is 0 Å². The molecule has 2 aromatic rings. The van der Waals surface area contributed by atoms with Crippen molar-refractivity contribution in [1.29, 1.82) is 0 Å². The van der Waals surface area contributed by atoms with Gasteiger partial charge in [0.1, 0.15) is 5.69 Å².